The molecule has 1 aromatic carbocycles. The van der Waals surface area contributed by atoms with Crippen LogP contribution in [0.15, 0.2) is 30.3 Å². The molecule has 2 rings (SSSR count). The van der Waals surface area contributed by atoms with Crippen LogP contribution in [0.1, 0.15) is 12.8 Å². The van der Waals surface area contributed by atoms with E-state index in [2.05, 4.69) is 16.2 Å². The summed E-state index contributed by atoms with van der Waals surface area (Å²) in [6, 6.07) is 11.4. The molecule has 92 valence electrons. The lowest BCUT2D eigenvalue weighted by atomic mass is 10.1. The van der Waals surface area contributed by atoms with Gasteiger partial charge in [0.2, 0.25) is 0 Å². The van der Waals surface area contributed by atoms with Crippen molar-refractivity contribution >= 4 is 28.9 Å². The fourth-order valence-corrected chi connectivity index (χ4v) is 1.60. The Bertz CT molecular complexity index is 505. The Morgan fingerprint density at radius 1 is 1.28 bits per heavy atom. The highest BCUT2D eigenvalue weighted by Gasteiger charge is 2.50. The molecule has 0 unspecified atom stereocenters. The zero-order valence-electron chi connectivity index (χ0n) is 9.56. The molecule has 1 amide bonds. The van der Waals surface area contributed by atoms with E-state index in [0.29, 0.717) is 12.8 Å². The van der Waals surface area contributed by atoms with Gasteiger partial charge >= 0.3 is 0 Å². The number of thiocarbonyl (C=S) groups is 1. The van der Waals surface area contributed by atoms with E-state index in [9.17, 15) is 4.79 Å². The van der Waals surface area contributed by atoms with E-state index in [4.69, 9.17) is 17.5 Å². The quantitative estimate of drug-likeness (QED) is 0.552. The summed E-state index contributed by atoms with van der Waals surface area (Å²) in [7, 11) is 0. The molecule has 0 aromatic heterocycles. The average molecular weight is 260 g/mol. The molecule has 0 radical (unpaired) electrons. The van der Waals surface area contributed by atoms with E-state index in [0.717, 1.165) is 5.69 Å². The van der Waals surface area contributed by atoms with Gasteiger partial charge < -0.3 is 5.32 Å². The summed E-state index contributed by atoms with van der Waals surface area (Å²) in [5.41, 5.74) is 5.00. The maximum absolute atomic E-state index is 11.6. The third-order valence-corrected chi connectivity index (χ3v) is 2.92. The molecule has 1 saturated carbocycles. The zero-order chi connectivity index (χ0) is 13.0. The summed E-state index contributed by atoms with van der Waals surface area (Å²) in [4.78, 5) is 11.6. The third-order valence-electron chi connectivity index (χ3n) is 2.72. The Balaban J connectivity index is 1.79. The van der Waals surface area contributed by atoms with Crippen molar-refractivity contribution in [3.8, 4) is 6.07 Å². The van der Waals surface area contributed by atoms with Gasteiger partial charge in [-0.3, -0.25) is 15.6 Å². The van der Waals surface area contributed by atoms with E-state index in [1.54, 1.807) is 0 Å². The predicted molar refractivity (Wildman–Crippen MR) is 71.2 cm³/mol. The van der Waals surface area contributed by atoms with E-state index in [1.165, 1.54) is 0 Å². The monoisotopic (exact) mass is 260 g/mol. The van der Waals surface area contributed by atoms with E-state index < -0.39 is 5.41 Å². The van der Waals surface area contributed by atoms with E-state index in [-0.39, 0.29) is 11.0 Å². The van der Waals surface area contributed by atoms with Gasteiger partial charge in [-0.1, -0.05) is 18.2 Å². The van der Waals surface area contributed by atoms with Crippen molar-refractivity contribution in [3.05, 3.63) is 30.3 Å². The van der Waals surface area contributed by atoms with Crippen LogP contribution in [-0.4, -0.2) is 11.0 Å². The van der Waals surface area contributed by atoms with Gasteiger partial charge in [0.15, 0.2) is 5.11 Å². The molecule has 0 aliphatic heterocycles. The highest BCUT2D eigenvalue weighted by molar-refractivity contribution is 7.80. The number of nitriles is 1. The van der Waals surface area contributed by atoms with Crippen molar-refractivity contribution in [1.82, 2.24) is 10.9 Å². The summed E-state index contributed by atoms with van der Waals surface area (Å²) in [5.74, 6) is -0.331. The van der Waals surface area contributed by atoms with Gasteiger partial charge in [0, 0.05) is 5.69 Å². The lowest BCUT2D eigenvalue weighted by Crippen LogP contribution is -2.46. The Morgan fingerprint density at radius 2 is 1.94 bits per heavy atom. The zero-order valence-corrected chi connectivity index (χ0v) is 10.4. The minimum absolute atomic E-state index is 0.281. The number of benzene rings is 1. The first kappa shape index (κ1) is 12.3. The number of nitrogens with zero attached hydrogens (tertiary/aromatic N) is 1. The van der Waals surface area contributed by atoms with Crippen LogP contribution in [0.25, 0.3) is 0 Å². The molecule has 0 heterocycles. The number of para-hydroxylation sites is 1. The first-order valence-electron chi connectivity index (χ1n) is 5.50. The minimum atomic E-state index is -0.852. The molecule has 3 N–H and O–H groups in total. The molecule has 0 bridgehead atoms. The topological polar surface area (TPSA) is 77.0 Å². The van der Waals surface area contributed by atoms with Gasteiger partial charge in [-0.2, -0.15) is 5.26 Å². The molecule has 1 fully saturated rings. The summed E-state index contributed by atoms with van der Waals surface area (Å²) in [5, 5.41) is 12.0. The van der Waals surface area contributed by atoms with Gasteiger partial charge in [0.25, 0.3) is 5.91 Å². The van der Waals surface area contributed by atoms with Crippen molar-refractivity contribution < 1.29 is 4.79 Å². The second kappa shape index (κ2) is 5.02. The maximum Gasteiger partial charge on any atom is 0.258 e. The second-order valence-electron chi connectivity index (χ2n) is 4.09. The SMILES string of the molecule is N#CC1(C(=O)NNC(=S)Nc2ccccc2)CC1. The van der Waals surface area contributed by atoms with Crippen LogP contribution in [0.2, 0.25) is 0 Å². The fourth-order valence-electron chi connectivity index (χ4n) is 1.43. The number of hydrazine groups is 1. The number of rotatable bonds is 2. The Morgan fingerprint density at radius 3 is 2.50 bits per heavy atom. The second-order valence-corrected chi connectivity index (χ2v) is 4.50. The van der Waals surface area contributed by atoms with Gasteiger partial charge in [-0.25, -0.2) is 0 Å². The van der Waals surface area contributed by atoms with Crippen LogP contribution in [0.3, 0.4) is 0 Å². The number of nitrogens with one attached hydrogen (secondary N) is 3. The smallest absolute Gasteiger partial charge is 0.258 e. The van der Waals surface area contributed by atoms with Crippen LogP contribution < -0.4 is 16.2 Å². The highest BCUT2D eigenvalue weighted by atomic mass is 32.1. The largest absolute Gasteiger partial charge is 0.331 e. The molecule has 0 atom stereocenters. The molecule has 6 heteroatoms. The highest BCUT2D eigenvalue weighted by Crippen LogP contribution is 2.44. The molecule has 1 aliphatic carbocycles. The summed E-state index contributed by atoms with van der Waals surface area (Å²) >= 11 is 5.01. The Hall–Kier alpha value is -2.13. The predicted octanol–water partition coefficient (Wildman–Crippen LogP) is 1.31. The van der Waals surface area contributed by atoms with Crippen LogP contribution in [0.5, 0.6) is 0 Å². The third kappa shape index (κ3) is 2.76. The van der Waals surface area contributed by atoms with Crippen LogP contribution >= 0.6 is 12.2 Å². The number of hydrogen-bond acceptors (Lipinski definition) is 3. The Labute approximate surface area is 110 Å². The number of carbonyl (C=O) groups is 1. The normalized spacial score (nSPS) is 15.1. The number of carbonyl (C=O) groups excluding carboxylic acids is 1. The number of anilines is 1. The van der Waals surface area contributed by atoms with Gasteiger partial charge in [0.05, 0.1) is 6.07 Å². The molecule has 1 aromatic rings. The van der Waals surface area contributed by atoms with Gasteiger partial charge in [-0.15, -0.1) is 0 Å². The summed E-state index contributed by atoms with van der Waals surface area (Å²) < 4.78 is 0. The molecular formula is C12H12N4OS. The lowest BCUT2D eigenvalue weighted by molar-refractivity contribution is -0.125. The van der Waals surface area contributed by atoms with Crippen molar-refractivity contribution in [2.45, 2.75) is 12.8 Å². The summed E-state index contributed by atoms with van der Waals surface area (Å²) in [6.07, 6.45) is 1.21. The van der Waals surface area contributed by atoms with Gasteiger partial charge in [0.1, 0.15) is 5.41 Å². The molecule has 1 aliphatic rings. The standard InChI is InChI=1S/C12H12N4OS/c13-8-12(6-7-12)10(17)15-16-11(18)14-9-4-2-1-3-5-9/h1-5H,6-7H2,(H,15,17)(H2,14,16,18). The van der Waals surface area contributed by atoms with Crippen LogP contribution in [-0.2, 0) is 4.79 Å². The first-order chi connectivity index (χ1) is 8.66. The number of amides is 1. The van der Waals surface area contributed by atoms with Crippen molar-refractivity contribution in [1.29, 1.82) is 5.26 Å². The minimum Gasteiger partial charge on any atom is -0.331 e. The maximum atomic E-state index is 11.6. The van der Waals surface area contributed by atoms with Crippen molar-refractivity contribution in [2.24, 2.45) is 5.41 Å². The first-order valence-corrected chi connectivity index (χ1v) is 5.91. The Kier molecular flexibility index (Phi) is 3.44. The molecule has 0 spiro atoms. The number of hydrogen-bond donors (Lipinski definition) is 3. The van der Waals surface area contributed by atoms with Crippen LogP contribution in [0, 0.1) is 16.7 Å². The van der Waals surface area contributed by atoms with E-state index >= 15 is 0 Å². The molecule has 5 nitrogen and oxygen atoms in total. The summed E-state index contributed by atoms with van der Waals surface area (Å²) in [6.45, 7) is 0. The van der Waals surface area contributed by atoms with Crippen LogP contribution in [0.4, 0.5) is 5.69 Å². The van der Waals surface area contributed by atoms with Crippen molar-refractivity contribution in [3.63, 3.8) is 0 Å². The van der Waals surface area contributed by atoms with Gasteiger partial charge in [-0.05, 0) is 37.2 Å². The van der Waals surface area contributed by atoms with Crippen molar-refractivity contribution in [2.75, 3.05) is 5.32 Å². The molecule has 0 saturated heterocycles. The molecule has 18 heavy (non-hydrogen) atoms. The molecular weight excluding hydrogens is 248 g/mol. The van der Waals surface area contributed by atoms with E-state index in [1.807, 2.05) is 36.4 Å². The lowest BCUT2D eigenvalue weighted by Gasteiger charge is -2.12. The fraction of sp³-hybridized carbons (Fsp3) is 0.250. The average Bonchev–Trinajstić information content (AvgIpc) is 3.18.